The summed E-state index contributed by atoms with van der Waals surface area (Å²) < 4.78 is 5.25. The van der Waals surface area contributed by atoms with Gasteiger partial charge in [0.2, 0.25) is 0 Å². The van der Waals surface area contributed by atoms with Crippen LogP contribution in [0, 0.1) is 0 Å². The Bertz CT molecular complexity index is 1210. The van der Waals surface area contributed by atoms with Gasteiger partial charge in [0, 0.05) is 67.7 Å². The Morgan fingerprint density at radius 2 is 1.80 bits per heavy atom. The molecule has 0 saturated carbocycles. The highest BCUT2D eigenvalue weighted by Gasteiger charge is 2.25. The first-order valence-electron chi connectivity index (χ1n) is 11.6. The number of carbonyl (C=O) groups is 1. The smallest absolute Gasteiger partial charge is 0.255 e. The summed E-state index contributed by atoms with van der Waals surface area (Å²) in [4.78, 5) is 24.3. The zero-order chi connectivity index (χ0) is 24.4. The van der Waals surface area contributed by atoms with Gasteiger partial charge in [-0.15, -0.1) is 0 Å². The van der Waals surface area contributed by atoms with Crippen LogP contribution < -0.4 is 19.9 Å². The first-order chi connectivity index (χ1) is 17.0. The molecule has 3 aromatic rings. The van der Waals surface area contributed by atoms with Gasteiger partial charge in [-0.1, -0.05) is 23.2 Å². The number of fused-ring (bicyclic) bond motifs is 1. The minimum atomic E-state index is 0.000919. The lowest BCUT2D eigenvalue weighted by molar-refractivity contribution is 0.0746. The third-order valence-electron chi connectivity index (χ3n) is 6.50. The van der Waals surface area contributed by atoms with E-state index >= 15 is 0 Å². The Hall–Kier alpha value is -3.16. The summed E-state index contributed by atoms with van der Waals surface area (Å²) in [6, 6.07) is 15.4. The van der Waals surface area contributed by atoms with Crippen molar-refractivity contribution in [2.75, 3.05) is 61.5 Å². The van der Waals surface area contributed by atoms with Crippen LogP contribution in [-0.4, -0.2) is 62.2 Å². The molecular formula is C26H27Cl2N5O2. The van der Waals surface area contributed by atoms with Gasteiger partial charge in [0.05, 0.1) is 18.4 Å². The van der Waals surface area contributed by atoms with Crippen molar-refractivity contribution in [2.24, 2.45) is 0 Å². The van der Waals surface area contributed by atoms with Crippen LogP contribution in [-0.2, 0) is 6.54 Å². The molecule has 2 aliphatic rings. The lowest BCUT2D eigenvalue weighted by Crippen LogP contribution is -2.48. The van der Waals surface area contributed by atoms with E-state index in [0.717, 1.165) is 54.7 Å². The zero-order valence-electron chi connectivity index (χ0n) is 19.5. The van der Waals surface area contributed by atoms with Crippen molar-refractivity contribution in [3.05, 3.63) is 75.9 Å². The van der Waals surface area contributed by atoms with Crippen LogP contribution in [0.3, 0.4) is 0 Å². The predicted octanol–water partition coefficient (Wildman–Crippen LogP) is 4.79. The highest BCUT2D eigenvalue weighted by molar-refractivity contribution is 6.33. The molecule has 0 bridgehead atoms. The van der Waals surface area contributed by atoms with Crippen molar-refractivity contribution in [1.29, 1.82) is 0 Å². The SMILES string of the molecule is COc1ccc(N2CCN(C(=O)c3cnc4c(c3)N(Cc3cc(Cl)ccc3Cl)CCN4)CC2)cc1. The molecule has 0 radical (unpaired) electrons. The second-order valence-electron chi connectivity index (χ2n) is 8.65. The van der Waals surface area contributed by atoms with Crippen LogP contribution in [0.25, 0.3) is 0 Å². The first kappa shape index (κ1) is 23.6. The molecule has 0 atom stereocenters. The van der Waals surface area contributed by atoms with Gasteiger partial charge in [-0.2, -0.15) is 0 Å². The standard InChI is InChI=1S/C26H27Cl2N5O2/c1-35-22-5-3-21(4-6-22)31-10-12-32(13-11-31)26(34)18-15-24-25(30-16-18)29-8-9-33(24)17-19-14-20(27)2-7-23(19)28/h2-7,14-16H,8-13,17H2,1H3,(H,29,30). The number of anilines is 3. The first-order valence-corrected chi connectivity index (χ1v) is 12.4. The molecule has 2 aromatic carbocycles. The lowest BCUT2D eigenvalue weighted by atomic mass is 10.1. The summed E-state index contributed by atoms with van der Waals surface area (Å²) in [5.41, 5.74) is 3.57. The molecule has 1 N–H and O–H groups in total. The average molecular weight is 512 g/mol. The number of hydrogen-bond acceptors (Lipinski definition) is 6. The highest BCUT2D eigenvalue weighted by Crippen LogP contribution is 2.32. The molecule has 35 heavy (non-hydrogen) atoms. The molecule has 0 aliphatic carbocycles. The Kier molecular flexibility index (Phi) is 6.88. The number of amides is 1. The fourth-order valence-electron chi connectivity index (χ4n) is 4.55. The molecule has 1 aromatic heterocycles. The number of piperazine rings is 1. The summed E-state index contributed by atoms with van der Waals surface area (Å²) in [7, 11) is 1.66. The lowest BCUT2D eigenvalue weighted by Gasteiger charge is -2.36. The van der Waals surface area contributed by atoms with Gasteiger partial charge in [0.25, 0.3) is 5.91 Å². The highest BCUT2D eigenvalue weighted by atomic mass is 35.5. The number of aromatic nitrogens is 1. The largest absolute Gasteiger partial charge is 0.497 e. The van der Waals surface area contributed by atoms with Crippen LogP contribution in [0.5, 0.6) is 5.75 Å². The van der Waals surface area contributed by atoms with Crippen molar-refractivity contribution in [2.45, 2.75) is 6.54 Å². The van der Waals surface area contributed by atoms with Crippen LogP contribution in [0.2, 0.25) is 10.0 Å². The molecule has 0 spiro atoms. The van der Waals surface area contributed by atoms with Gasteiger partial charge in [-0.25, -0.2) is 4.98 Å². The maximum Gasteiger partial charge on any atom is 0.255 e. The number of nitrogens with one attached hydrogen (secondary N) is 1. The summed E-state index contributed by atoms with van der Waals surface area (Å²) in [5, 5.41) is 4.65. The Balaban J connectivity index is 1.29. The number of rotatable bonds is 5. The van der Waals surface area contributed by atoms with E-state index in [-0.39, 0.29) is 5.91 Å². The molecule has 5 rings (SSSR count). The number of ether oxygens (including phenoxy) is 1. The monoisotopic (exact) mass is 511 g/mol. The molecule has 2 aliphatic heterocycles. The van der Waals surface area contributed by atoms with Gasteiger partial charge in [0.1, 0.15) is 11.6 Å². The van der Waals surface area contributed by atoms with E-state index in [4.69, 9.17) is 27.9 Å². The predicted molar refractivity (Wildman–Crippen MR) is 141 cm³/mol. The molecule has 1 saturated heterocycles. The summed E-state index contributed by atoms with van der Waals surface area (Å²) in [6.07, 6.45) is 1.67. The van der Waals surface area contributed by atoms with Crippen molar-refractivity contribution in [3.8, 4) is 5.75 Å². The minimum absolute atomic E-state index is 0.000919. The molecule has 182 valence electrons. The van der Waals surface area contributed by atoms with E-state index in [1.165, 1.54) is 0 Å². The van der Waals surface area contributed by atoms with Crippen LogP contribution in [0.4, 0.5) is 17.2 Å². The van der Waals surface area contributed by atoms with Gasteiger partial charge in [0.15, 0.2) is 0 Å². The van der Waals surface area contributed by atoms with E-state index in [9.17, 15) is 4.79 Å². The molecule has 1 amide bonds. The van der Waals surface area contributed by atoms with Gasteiger partial charge < -0.3 is 24.8 Å². The maximum atomic E-state index is 13.3. The number of pyridine rings is 1. The van der Waals surface area contributed by atoms with Crippen LogP contribution >= 0.6 is 23.2 Å². The molecule has 0 unspecified atom stereocenters. The normalized spacial score (nSPS) is 15.5. The summed E-state index contributed by atoms with van der Waals surface area (Å²) in [6.45, 7) is 4.99. The molecular weight excluding hydrogens is 485 g/mol. The van der Waals surface area contributed by atoms with E-state index in [0.29, 0.717) is 35.2 Å². The number of nitrogens with zero attached hydrogens (tertiary/aromatic N) is 4. The van der Waals surface area contributed by atoms with E-state index in [1.54, 1.807) is 19.4 Å². The number of hydrogen-bond donors (Lipinski definition) is 1. The third kappa shape index (κ3) is 5.11. The fraction of sp³-hybridized carbons (Fsp3) is 0.308. The Morgan fingerprint density at radius 3 is 2.54 bits per heavy atom. The quantitative estimate of drug-likeness (QED) is 0.531. The van der Waals surface area contributed by atoms with Crippen molar-refractivity contribution in [3.63, 3.8) is 0 Å². The molecule has 7 nitrogen and oxygen atoms in total. The van der Waals surface area contributed by atoms with Crippen molar-refractivity contribution >= 4 is 46.3 Å². The fourth-order valence-corrected chi connectivity index (χ4v) is 4.93. The minimum Gasteiger partial charge on any atom is -0.497 e. The number of methoxy groups -OCH3 is 1. The van der Waals surface area contributed by atoms with E-state index in [2.05, 4.69) is 32.2 Å². The Labute approximate surface area is 215 Å². The number of halogens is 2. The summed E-state index contributed by atoms with van der Waals surface area (Å²) >= 11 is 12.6. The van der Waals surface area contributed by atoms with Crippen molar-refractivity contribution in [1.82, 2.24) is 9.88 Å². The number of benzene rings is 2. The zero-order valence-corrected chi connectivity index (χ0v) is 21.0. The second kappa shape index (κ2) is 10.2. The van der Waals surface area contributed by atoms with Crippen LogP contribution in [0.1, 0.15) is 15.9 Å². The van der Waals surface area contributed by atoms with Crippen LogP contribution in [0.15, 0.2) is 54.7 Å². The Morgan fingerprint density at radius 1 is 1.03 bits per heavy atom. The average Bonchev–Trinajstić information content (AvgIpc) is 2.90. The molecule has 1 fully saturated rings. The van der Waals surface area contributed by atoms with Gasteiger partial charge >= 0.3 is 0 Å². The summed E-state index contributed by atoms with van der Waals surface area (Å²) in [5.74, 6) is 1.61. The topological polar surface area (TPSA) is 60.9 Å². The van der Waals surface area contributed by atoms with E-state index in [1.807, 2.05) is 35.2 Å². The number of carbonyl (C=O) groups excluding carboxylic acids is 1. The molecule has 3 heterocycles. The molecule has 9 heteroatoms. The van der Waals surface area contributed by atoms with Crippen molar-refractivity contribution < 1.29 is 9.53 Å². The van der Waals surface area contributed by atoms with Gasteiger partial charge in [-0.05, 0) is 54.1 Å². The van der Waals surface area contributed by atoms with Gasteiger partial charge in [-0.3, -0.25) is 4.79 Å². The maximum absolute atomic E-state index is 13.3. The third-order valence-corrected chi connectivity index (χ3v) is 7.11. The van der Waals surface area contributed by atoms with E-state index < -0.39 is 0 Å². The second-order valence-corrected chi connectivity index (χ2v) is 9.50.